The second-order valence-corrected chi connectivity index (χ2v) is 7.02. The Morgan fingerprint density at radius 2 is 1.96 bits per heavy atom. The third-order valence-corrected chi connectivity index (χ3v) is 5.06. The molecule has 0 aliphatic carbocycles. The van der Waals surface area contributed by atoms with Crippen LogP contribution >= 0.6 is 27.5 Å². The standard InChI is InChI=1S/C19H16BrClN4O2/c1-12-9-13(7-8-15(12)20)24-17(26)11-22-16-10-23-25(19(27)18(16)21)14-5-3-2-4-6-14/h2-10,22H,11H2,1H3,(H,24,26). The van der Waals surface area contributed by atoms with Gasteiger partial charge >= 0.3 is 0 Å². The van der Waals surface area contributed by atoms with Gasteiger partial charge in [0, 0.05) is 10.2 Å². The van der Waals surface area contributed by atoms with Crippen molar-refractivity contribution in [3.05, 3.63) is 80.1 Å². The molecule has 0 saturated carbocycles. The van der Waals surface area contributed by atoms with E-state index < -0.39 is 5.56 Å². The van der Waals surface area contributed by atoms with Crippen molar-refractivity contribution >= 4 is 44.8 Å². The Hall–Kier alpha value is -2.64. The Morgan fingerprint density at radius 1 is 1.22 bits per heavy atom. The monoisotopic (exact) mass is 446 g/mol. The molecule has 0 atom stereocenters. The highest BCUT2D eigenvalue weighted by Gasteiger charge is 2.12. The Kier molecular flexibility index (Phi) is 5.93. The van der Waals surface area contributed by atoms with Crippen molar-refractivity contribution in [2.45, 2.75) is 6.92 Å². The second-order valence-electron chi connectivity index (χ2n) is 5.79. The summed E-state index contributed by atoms with van der Waals surface area (Å²) in [7, 11) is 0. The quantitative estimate of drug-likeness (QED) is 0.620. The Labute approximate surface area is 169 Å². The lowest BCUT2D eigenvalue weighted by Gasteiger charge is -2.11. The normalized spacial score (nSPS) is 10.5. The Bertz CT molecular complexity index is 1040. The van der Waals surface area contributed by atoms with Crippen LogP contribution in [0, 0.1) is 6.92 Å². The van der Waals surface area contributed by atoms with E-state index >= 15 is 0 Å². The van der Waals surface area contributed by atoms with Gasteiger partial charge in [0.15, 0.2) is 0 Å². The first kappa shape index (κ1) is 19.1. The van der Waals surface area contributed by atoms with E-state index in [4.69, 9.17) is 11.6 Å². The molecule has 0 bridgehead atoms. The summed E-state index contributed by atoms with van der Waals surface area (Å²) in [6, 6.07) is 14.5. The molecule has 1 aromatic heterocycles. The first-order valence-electron chi connectivity index (χ1n) is 8.09. The summed E-state index contributed by atoms with van der Waals surface area (Å²) in [5, 5.41) is 9.72. The predicted octanol–water partition coefficient (Wildman–Crippen LogP) is 4.01. The molecule has 0 saturated heterocycles. The van der Waals surface area contributed by atoms with Crippen LogP contribution in [-0.4, -0.2) is 22.2 Å². The molecule has 8 heteroatoms. The Balaban J connectivity index is 1.69. The van der Waals surface area contributed by atoms with Crippen LogP contribution in [0.3, 0.4) is 0 Å². The van der Waals surface area contributed by atoms with Crippen LogP contribution in [0.1, 0.15) is 5.56 Å². The number of halogens is 2. The zero-order valence-electron chi connectivity index (χ0n) is 14.4. The maximum atomic E-state index is 12.4. The lowest BCUT2D eigenvalue weighted by molar-refractivity contribution is -0.114. The van der Waals surface area contributed by atoms with Crippen molar-refractivity contribution in [1.29, 1.82) is 0 Å². The van der Waals surface area contributed by atoms with Gasteiger partial charge in [-0.15, -0.1) is 0 Å². The lowest BCUT2D eigenvalue weighted by atomic mass is 10.2. The number of amides is 1. The number of hydrogen-bond acceptors (Lipinski definition) is 4. The first-order valence-corrected chi connectivity index (χ1v) is 9.26. The number of rotatable bonds is 5. The minimum atomic E-state index is -0.461. The molecule has 1 heterocycles. The van der Waals surface area contributed by atoms with Crippen molar-refractivity contribution in [3.8, 4) is 5.69 Å². The van der Waals surface area contributed by atoms with E-state index in [1.807, 2.05) is 25.1 Å². The van der Waals surface area contributed by atoms with E-state index in [1.54, 1.807) is 30.3 Å². The number of nitrogens with zero attached hydrogens (tertiary/aromatic N) is 2. The van der Waals surface area contributed by atoms with Crippen molar-refractivity contribution in [1.82, 2.24) is 9.78 Å². The van der Waals surface area contributed by atoms with Gasteiger partial charge in [-0.1, -0.05) is 45.7 Å². The molecule has 0 unspecified atom stereocenters. The molecular formula is C19H16BrClN4O2. The summed E-state index contributed by atoms with van der Waals surface area (Å²) in [6.07, 6.45) is 1.42. The highest BCUT2D eigenvalue weighted by atomic mass is 79.9. The van der Waals surface area contributed by atoms with Gasteiger partial charge in [-0.25, -0.2) is 0 Å². The van der Waals surface area contributed by atoms with E-state index in [0.717, 1.165) is 10.0 Å². The zero-order valence-corrected chi connectivity index (χ0v) is 16.7. The maximum Gasteiger partial charge on any atom is 0.292 e. The van der Waals surface area contributed by atoms with Crippen LogP contribution in [0.2, 0.25) is 5.02 Å². The van der Waals surface area contributed by atoms with E-state index in [-0.39, 0.29) is 17.5 Å². The van der Waals surface area contributed by atoms with Crippen LogP contribution < -0.4 is 16.2 Å². The summed E-state index contributed by atoms with van der Waals surface area (Å²) >= 11 is 9.57. The average Bonchev–Trinajstić information content (AvgIpc) is 2.66. The number of carbonyl (C=O) groups is 1. The topological polar surface area (TPSA) is 76.0 Å². The summed E-state index contributed by atoms with van der Waals surface area (Å²) in [5.74, 6) is -0.264. The highest BCUT2D eigenvalue weighted by molar-refractivity contribution is 9.10. The number of benzene rings is 2. The number of aromatic nitrogens is 2. The van der Waals surface area contributed by atoms with E-state index in [1.165, 1.54) is 10.9 Å². The van der Waals surface area contributed by atoms with E-state index in [9.17, 15) is 9.59 Å². The number of nitrogens with one attached hydrogen (secondary N) is 2. The maximum absolute atomic E-state index is 12.4. The number of hydrogen-bond donors (Lipinski definition) is 2. The molecule has 0 aliphatic heterocycles. The fourth-order valence-corrected chi connectivity index (χ4v) is 2.85. The molecule has 0 fully saturated rings. The van der Waals surface area contributed by atoms with E-state index in [0.29, 0.717) is 17.1 Å². The molecule has 27 heavy (non-hydrogen) atoms. The lowest BCUT2D eigenvalue weighted by Crippen LogP contribution is -2.25. The first-order chi connectivity index (χ1) is 13.0. The van der Waals surface area contributed by atoms with Crippen LogP contribution in [-0.2, 0) is 4.79 Å². The third-order valence-electron chi connectivity index (χ3n) is 3.80. The van der Waals surface area contributed by atoms with Gasteiger partial charge in [0.2, 0.25) is 5.91 Å². The molecule has 6 nitrogen and oxygen atoms in total. The average molecular weight is 448 g/mol. The largest absolute Gasteiger partial charge is 0.373 e. The molecule has 0 radical (unpaired) electrons. The molecule has 3 rings (SSSR count). The molecule has 0 aliphatic rings. The van der Waals surface area contributed by atoms with Gasteiger partial charge in [-0.05, 0) is 42.8 Å². The summed E-state index contributed by atoms with van der Waals surface area (Å²) in [6.45, 7) is 1.89. The minimum absolute atomic E-state index is 0.0267. The van der Waals surface area contributed by atoms with Crippen LogP contribution in [0.4, 0.5) is 11.4 Å². The fourth-order valence-electron chi connectivity index (χ4n) is 2.41. The molecule has 138 valence electrons. The van der Waals surface area contributed by atoms with Gasteiger partial charge in [0.05, 0.1) is 24.1 Å². The molecule has 1 amide bonds. The van der Waals surface area contributed by atoms with Gasteiger partial charge in [0.25, 0.3) is 5.56 Å². The predicted molar refractivity (Wildman–Crippen MR) is 111 cm³/mol. The molecule has 2 aromatic carbocycles. The molecule has 2 N–H and O–H groups in total. The molecular weight excluding hydrogens is 432 g/mol. The van der Waals surface area contributed by atoms with Gasteiger partial charge < -0.3 is 10.6 Å². The SMILES string of the molecule is Cc1cc(NC(=O)CNc2cnn(-c3ccccc3)c(=O)c2Cl)ccc1Br. The zero-order chi connectivity index (χ0) is 19.4. The van der Waals surface area contributed by atoms with Crippen LogP contribution in [0.25, 0.3) is 5.69 Å². The highest BCUT2D eigenvalue weighted by Crippen LogP contribution is 2.20. The molecule has 0 spiro atoms. The van der Waals surface area contributed by atoms with Crippen molar-refractivity contribution < 1.29 is 4.79 Å². The van der Waals surface area contributed by atoms with Gasteiger partial charge in [-0.2, -0.15) is 9.78 Å². The van der Waals surface area contributed by atoms with Crippen molar-refractivity contribution in [2.75, 3.05) is 17.2 Å². The molecule has 3 aromatic rings. The van der Waals surface area contributed by atoms with Crippen molar-refractivity contribution in [3.63, 3.8) is 0 Å². The smallest absolute Gasteiger partial charge is 0.292 e. The third kappa shape index (κ3) is 4.56. The van der Waals surface area contributed by atoms with Gasteiger partial charge in [0.1, 0.15) is 5.02 Å². The van der Waals surface area contributed by atoms with Crippen molar-refractivity contribution in [2.24, 2.45) is 0 Å². The number of anilines is 2. The number of para-hydroxylation sites is 1. The minimum Gasteiger partial charge on any atom is -0.373 e. The fraction of sp³-hybridized carbons (Fsp3) is 0.105. The van der Waals surface area contributed by atoms with Crippen LogP contribution in [0.15, 0.2) is 64.0 Å². The summed E-state index contributed by atoms with van der Waals surface area (Å²) in [4.78, 5) is 24.6. The van der Waals surface area contributed by atoms with Gasteiger partial charge in [-0.3, -0.25) is 9.59 Å². The summed E-state index contributed by atoms with van der Waals surface area (Å²) < 4.78 is 2.17. The summed E-state index contributed by atoms with van der Waals surface area (Å²) in [5.41, 5.74) is 2.15. The Morgan fingerprint density at radius 3 is 2.67 bits per heavy atom. The number of carbonyl (C=O) groups excluding carboxylic acids is 1. The van der Waals surface area contributed by atoms with Crippen LogP contribution in [0.5, 0.6) is 0 Å². The number of aryl methyl sites for hydroxylation is 1. The van der Waals surface area contributed by atoms with E-state index in [2.05, 4.69) is 31.7 Å². The second kappa shape index (κ2) is 8.37.